The summed E-state index contributed by atoms with van der Waals surface area (Å²) in [7, 11) is -3.75. The molecule has 2 aromatic carbocycles. The van der Waals surface area contributed by atoms with Gasteiger partial charge in [-0.05, 0) is 50.1 Å². The van der Waals surface area contributed by atoms with E-state index in [1.165, 1.54) is 0 Å². The van der Waals surface area contributed by atoms with E-state index in [2.05, 4.69) is 4.90 Å². The molecule has 5 rings (SSSR count). The van der Waals surface area contributed by atoms with Gasteiger partial charge in [0.05, 0.1) is 23.1 Å². The van der Waals surface area contributed by atoms with Crippen molar-refractivity contribution >= 4 is 15.7 Å². The van der Waals surface area contributed by atoms with Gasteiger partial charge in [0.2, 0.25) is 6.79 Å². The summed E-state index contributed by atoms with van der Waals surface area (Å²) in [6.45, 7) is 4.51. The predicted molar refractivity (Wildman–Crippen MR) is 120 cm³/mol. The molecule has 0 amide bonds. The summed E-state index contributed by atoms with van der Waals surface area (Å²) < 4.78 is 45.3. The third-order valence-electron chi connectivity index (χ3n) is 6.06. The molecule has 0 aliphatic carbocycles. The number of piperidine rings is 1. The summed E-state index contributed by atoms with van der Waals surface area (Å²) in [5, 5.41) is 0. The molecule has 7 nitrogen and oxygen atoms in total. The van der Waals surface area contributed by atoms with Gasteiger partial charge in [-0.2, -0.15) is 0 Å². The SMILES string of the molecule is Cc1ccc(S(=O)(=O)N(c2ccc3c(c2)OCO3)C2CCN(Cc3ccoc3)CC2)cc1. The lowest BCUT2D eigenvalue weighted by molar-refractivity contribution is 0.174. The summed E-state index contributed by atoms with van der Waals surface area (Å²) in [4.78, 5) is 2.62. The number of sulfonamides is 1. The highest BCUT2D eigenvalue weighted by atomic mass is 32.2. The number of likely N-dealkylation sites (tertiary alicyclic amines) is 1. The van der Waals surface area contributed by atoms with Gasteiger partial charge in [0.15, 0.2) is 11.5 Å². The minimum absolute atomic E-state index is 0.149. The van der Waals surface area contributed by atoms with Crippen molar-refractivity contribution in [2.45, 2.75) is 37.2 Å². The number of benzene rings is 2. The Morgan fingerprint density at radius 3 is 2.47 bits per heavy atom. The highest BCUT2D eigenvalue weighted by Crippen LogP contribution is 2.39. The summed E-state index contributed by atoms with van der Waals surface area (Å²) in [5.41, 5.74) is 2.75. The first-order valence-corrected chi connectivity index (χ1v) is 12.2. The topological polar surface area (TPSA) is 72.2 Å². The number of anilines is 1. The number of nitrogens with zero attached hydrogens (tertiary/aromatic N) is 2. The fourth-order valence-corrected chi connectivity index (χ4v) is 6.05. The Labute approximate surface area is 188 Å². The monoisotopic (exact) mass is 454 g/mol. The standard InChI is InChI=1S/C24H26N2O5S/c1-18-2-5-22(6-3-18)32(27,28)26(21-4-7-23-24(14-21)31-17-30-23)20-8-11-25(12-9-20)15-19-10-13-29-16-19/h2-7,10,13-14,16,20H,8-9,11-12,15,17H2,1H3. The van der Waals surface area contributed by atoms with Crippen molar-refractivity contribution in [2.75, 3.05) is 24.2 Å². The maximum atomic E-state index is 13.8. The van der Waals surface area contributed by atoms with Gasteiger partial charge >= 0.3 is 0 Å². The molecular weight excluding hydrogens is 428 g/mol. The van der Waals surface area contributed by atoms with Crippen LogP contribution >= 0.6 is 0 Å². The molecule has 3 heterocycles. The molecule has 0 N–H and O–H groups in total. The molecule has 0 bridgehead atoms. The molecule has 0 atom stereocenters. The Hall–Kier alpha value is -2.97. The average molecular weight is 455 g/mol. The van der Waals surface area contributed by atoms with E-state index in [4.69, 9.17) is 13.9 Å². The molecule has 2 aliphatic heterocycles. The van der Waals surface area contributed by atoms with Crippen LogP contribution in [0.25, 0.3) is 0 Å². The van der Waals surface area contributed by atoms with Crippen molar-refractivity contribution < 1.29 is 22.3 Å². The van der Waals surface area contributed by atoms with E-state index < -0.39 is 10.0 Å². The third kappa shape index (κ3) is 4.08. The zero-order chi connectivity index (χ0) is 22.1. The van der Waals surface area contributed by atoms with Crippen LogP contribution in [0.1, 0.15) is 24.0 Å². The Morgan fingerprint density at radius 2 is 1.75 bits per heavy atom. The fraction of sp³-hybridized carbons (Fsp3) is 0.333. The van der Waals surface area contributed by atoms with Gasteiger partial charge in [0.1, 0.15) is 0 Å². The number of ether oxygens (including phenoxy) is 2. The summed E-state index contributed by atoms with van der Waals surface area (Å²) in [6.07, 6.45) is 4.90. The number of hydrogen-bond acceptors (Lipinski definition) is 6. The lowest BCUT2D eigenvalue weighted by atomic mass is 10.0. The quantitative estimate of drug-likeness (QED) is 0.557. The van der Waals surface area contributed by atoms with Crippen molar-refractivity contribution in [3.05, 3.63) is 72.2 Å². The average Bonchev–Trinajstić information content (AvgIpc) is 3.47. The van der Waals surface area contributed by atoms with E-state index in [0.29, 0.717) is 22.1 Å². The van der Waals surface area contributed by atoms with Crippen LogP contribution in [-0.4, -0.2) is 39.2 Å². The minimum atomic E-state index is -3.75. The second kappa shape index (κ2) is 8.52. The van der Waals surface area contributed by atoms with E-state index in [1.54, 1.807) is 47.2 Å². The van der Waals surface area contributed by atoms with E-state index >= 15 is 0 Å². The highest BCUT2D eigenvalue weighted by Gasteiger charge is 2.35. The number of rotatable bonds is 6. The summed E-state index contributed by atoms with van der Waals surface area (Å²) in [6, 6.07) is 14.2. The van der Waals surface area contributed by atoms with Crippen molar-refractivity contribution in [3.63, 3.8) is 0 Å². The van der Waals surface area contributed by atoms with Crippen LogP contribution in [0.5, 0.6) is 11.5 Å². The molecule has 0 spiro atoms. The van der Waals surface area contributed by atoms with E-state index in [-0.39, 0.29) is 12.8 Å². The minimum Gasteiger partial charge on any atom is -0.472 e. The molecule has 1 fully saturated rings. The third-order valence-corrected chi connectivity index (χ3v) is 7.96. The smallest absolute Gasteiger partial charge is 0.264 e. The lowest BCUT2D eigenvalue weighted by Gasteiger charge is -2.39. The first-order chi connectivity index (χ1) is 15.5. The van der Waals surface area contributed by atoms with Gasteiger partial charge in [-0.1, -0.05) is 17.7 Å². The molecular formula is C24H26N2O5S. The second-order valence-electron chi connectivity index (χ2n) is 8.29. The van der Waals surface area contributed by atoms with Crippen LogP contribution in [0.2, 0.25) is 0 Å². The predicted octanol–water partition coefficient (Wildman–Crippen LogP) is 4.18. The Kier molecular flexibility index (Phi) is 5.57. The van der Waals surface area contributed by atoms with Gasteiger partial charge in [0.25, 0.3) is 10.0 Å². The maximum absolute atomic E-state index is 13.8. The largest absolute Gasteiger partial charge is 0.472 e. The molecule has 0 saturated carbocycles. The Balaban J connectivity index is 1.44. The fourth-order valence-electron chi connectivity index (χ4n) is 4.34. The van der Waals surface area contributed by atoms with Crippen LogP contribution in [0.4, 0.5) is 5.69 Å². The Bertz CT molecular complexity index is 1170. The summed E-state index contributed by atoms with van der Waals surface area (Å²) in [5.74, 6) is 1.21. The molecule has 0 radical (unpaired) electrons. The highest BCUT2D eigenvalue weighted by molar-refractivity contribution is 7.92. The molecule has 1 saturated heterocycles. The van der Waals surface area contributed by atoms with Gasteiger partial charge < -0.3 is 13.9 Å². The first kappa shape index (κ1) is 20.9. The molecule has 8 heteroatoms. The molecule has 0 unspecified atom stereocenters. The van der Waals surface area contributed by atoms with Crippen LogP contribution in [-0.2, 0) is 16.6 Å². The maximum Gasteiger partial charge on any atom is 0.264 e. The molecule has 3 aromatic rings. The van der Waals surface area contributed by atoms with Crippen LogP contribution in [0, 0.1) is 6.92 Å². The Morgan fingerprint density at radius 1 is 1.00 bits per heavy atom. The number of aryl methyl sites for hydroxylation is 1. The van der Waals surface area contributed by atoms with Crippen molar-refractivity contribution in [1.29, 1.82) is 0 Å². The van der Waals surface area contributed by atoms with Crippen molar-refractivity contribution in [3.8, 4) is 11.5 Å². The second-order valence-corrected chi connectivity index (χ2v) is 10.1. The van der Waals surface area contributed by atoms with Crippen molar-refractivity contribution in [2.24, 2.45) is 0 Å². The molecule has 168 valence electrons. The van der Waals surface area contributed by atoms with Crippen LogP contribution < -0.4 is 13.8 Å². The van der Waals surface area contributed by atoms with Gasteiger partial charge in [-0.3, -0.25) is 9.21 Å². The number of hydrogen-bond donors (Lipinski definition) is 0. The van der Waals surface area contributed by atoms with Gasteiger partial charge in [0, 0.05) is 37.3 Å². The van der Waals surface area contributed by atoms with Crippen LogP contribution in [0.15, 0.2) is 70.4 Å². The normalized spacial score (nSPS) is 16.9. The van der Waals surface area contributed by atoms with Gasteiger partial charge in [-0.15, -0.1) is 0 Å². The molecule has 32 heavy (non-hydrogen) atoms. The zero-order valence-corrected chi connectivity index (χ0v) is 18.8. The first-order valence-electron chi connectivity index (χ1n) is 10.7. The lowest BCUT2D eigenvalue weighted by Crippen LogP contribution is -2.47. The number of furan rings is 1. The van der Waals surface area contributed by atoms with Gasteiger partial charge in [-0.25, -0.2) is 8.42 Å². The van der Waals surface area contributed by atoms with Crippen molar-refractivity contribution in [1.82, 2.24) is 4.90 Å². The van der Waals surface area contributed by atoms with Crippen LogP contribution in [0.3, 0.4) is 0 Å². The van der Waals surface area contributed by atoms with E-state index in [0.717, 1.165) is 43.6 Å². The molecule has 2 aliphatic rings. The van der Waals surface area contributed by atoms with E-state index in [9.17, 15) is 8.42 Å². The van der Waals surface area contributed by atoms with E-state index in [1.807, 2.05) is 25.1 Å². The number of fused-ring (bicyclic) bond motifs is 1. The summed E-state index contributed by atoms with van der Waals surface area (Å²) >= 11 is 0. The molecule has 1 aromatic heterocycles. The zero-order valence-electron chi connectivity index (χ0n) is 17.9.